The van der Waals surface area contributed by atoms with Gasteiger partial charge >= 0.3 is 12.1 Å². The zero-order chi connectivity index (χ0) is 65.8. The molecule has 0 aromatic carbocycles. The van der Waals surface area contributed by atoms with Crippen molar-refractivity contribution in [2.24, 2.45) is 35.5 Å². The minimum absolute atomic E-state index is 0.0148. The van der Waals surface area contributed by atoms with Crippen LogP contribution < -0.4 is 0 Å². The first kappa shape index (κ1) is 73.6. The highest BCUT2D eigenvalue weighted by molar-refractivity contribution is 6.39. The van der Waals surface area contributed by atoms with Gasteiger partial charge in [0, 0.05) is 58.5 Å². The molecule has 9 N–H and O–H groups in total. The molecule has 0 spiro atoms. The van der Waals surface area contributed by atoms with Gasteiger partial charge in [0.2, 0.25) is 5.79 Å². The summed E-state index contributed by atoms with van der Waals surface area (Å²) in [5.41, 5.74) is 1.12. The van der Waals surface area contributed by atoms with E-state index < -0.39 is 176 Å². The van der Waals surface area contributed by atoms with Crippen LogP contribution in [0.4, 0.5) is 4.79 Å². The number of ether oxygens (including phenoxy) is 10. The van der Waals surface area contributed by atoms with Gasteiger partial charge in [-0.2, -0.15) is 0 Å². The molecule has 6 aliphatic rings. The normalized spacial score (nSPS) is 43.1. The Morgan fingerprint density at radius 3 is 2.18 bits per heavy atom. The predicted molar refractivity (Wildman–Crippen MR) is 312 cm³/mol. The van der Waals surface area contributed by atoms with Crippen LogP contribution in [-0.4, -0.2) is 237 Å². The molecule has 0 radical (unpaired) electrons. The maximum atomic E-state index is 14.7. The van der Waals surface area contributed by atoms with Gasteiger partial charge in [-0.1, -0.05) is 71.1 Å². The lowest BCUT2D eigenvalue weighted by molar-refractivity contribution is -0.382. The summed E-state index contributed by atoms with van der Waals surface area (Å²) in [7, 11) is 4.26. The number of hydrogen-bond donors (Lipinski definition) is 9. The number of carbonyl (C=O) groups excluding carboxylic acids is 6. The highest BCUT2D eigenvalue weighted by Crippen LogP contribution is 2.39. The first-order valence-electron chi connectivity index (χ1n) is 31.1. The lowest BCUT2D eigenvalue weighted by Crippen LogP contribution is -2.66. The van der Waals surface area contributed by atoms with E-state index in [0.29, 0.717) is 50.5 Å². The third-order valence-electron chi connectivity index (χ3n) is 18.7. The zero-order valence-electron chi connectivity index (χ0n) is 52.8. The van der Waals surface area contributed by atoms with Gasteiger partial charge in [0.25, 0.3) is 17.5 Å². The number of aliphatic hydroxyl groups is 9. The van der Waals surface area contributed by atoms with E-state index >= 15 is 0 Å². The summed E-state index contributed by atoms with van der Waals surface area (Å²) >= 11 is 0. The van der Waals surface area contributed by atoms with Crippen molar-refractivity contribution in [1.29, 1.82) is 0 Å². The number of amides is 1. The SMILES string of the molecule is CO[C@H]1C[C@@H]2CC[C@@H](C)[C@@](O)(O2)C(=O)C(=O)N2CCCCC2C(=O)O[C@H]([C@H](C)CC2CC[C@@H](OC(=O)O[C@@]3(CO)OCC(OC4O[C@H](O)[C@@H](O)[C@H](O)[C@H]4O)[C@@H](O)[C@@H]3O)[C@H](OC)C2)CC(=O)[C@H](C)/C=C(\C)[C@@H](O)[C@@H](OC)C(=O)[C@H](C)C[C@H](C)\C=C/C=C/C=C/1C. The number of hydrogen-bond acceptors (Lipinski definition) is 25. The fraction of sp³-hybridized carbons (Fsp3) is 0.778. The number of nitrogens with zero attached hydrogens (tertiary/aromatic N) is 1. The third kappa shape index (κ3) is 18.0. The Morgan fingerprint density at radius 1 is 0.787 bits per heavy atom. The molecule has 6 rings (SSSR count). The number of aliphatic hydroxyl groups excluding tert-OH is 8. The van der Waals surface area contributed by atoms with Crippen LogP contribution >= 0.6 is 0 Å². The van der Waals surface area contributed by atoms with Crippen LogP contribution in [0.5, 0.6) is 0 Å². The molecule has 504 valence electrons. The van der Waals surface area contributed by atoms with E-state index in [1.165, 1.54) is 20.3 Å². The summed E-state index contributed by atoms with van der Waals surface area (Å²) in [6.45, 7) is 10.3. The second kappa shape index (κ2) is 32.9. The Kier molecular flexibility index (Phi) is 27.2. The number of esters is 1. The van der Waals surface area contributed by atoms with Crippen LogP contribution in [-0.2, 0) is 71.3 Å². The average Bonchev–Trinajstić information content (AvgIpc) is 1.09. The zero-order valence-corrected chi connectivity index (χ0v) is 52.8. The van der Waals surface area contributed by atoms with Crippen LogP contribution in [0.2, 0.25) is 0 Å². The smallest absolute Gasteiger partial charge is 0.460 e. The van der Waals surface area contributed by atoms with Crippen molar-refractivity contribution in [3.8, 4) is 0 Å². The van der Waals surface area contributed by atoms with Crippen molar-refractivity contribution in [3.63, 3.8) is 0 Å². The third-order valence-corrected chi connectivity index (χ3v) is 18.7. The molecule has 1 aliphatic carbocycles. The van der Waals surface area contributed by atoms with Crippen molar-refractivity contribution in [1.82, 2.24) is 4.90 Å². The first-order valence-corrected chi connectivity index (χ1v) is 31.1. The molecule has 0 aromatic heterocycles. The summed E-state index contributed by atoms with van der Waals surface area (Å²) in [4.78, 5) is 86.5. The van der Waals surface area contributed by atoms with Crippen molar-refractivity contribution in [2.45, 2.75) is 235 Å². The second-order valence-corrected chi connectivity index (χ2v) is 25.3. The number of piperidine rings is 1. The summed E-state index contributed by atoms with van der Waals surface area (Å²) < 4.78 is 56.7. The second-order valence-electron chi connectivity index (χ2n) is 25.3. The maximum absolute atomic E-state index is 14.7. The largest absolute Gasteiger partial charge is 0.511 e. The van der Waals surface area contributed by atoms with Crippen LogP contribution in [0.25, 0.3) is 0 Å². The summed E-state index contributed by atoms with van der Waals surface area (Å²) in [6, 6.07) is -1.28. The van der Waals surface area contributed by atoms with Crippen LogP contribution in [0, 0.1) is 35.5 Å². The molecule has 24 atom stereocenters. The quantitative estimate of drug-likeness (QED) is 0.0810. The van der Waals surface area contributed by atoms with Crippen molar-refractivity contribution in [3.05, 3.63) is 47.6 Å². The molecule has 26 heteroatoms. The Hall–Kier alpha value is -4.46. The molecule has 89 heavy (non-hydrogen) atoms. The minimum atomic E-state index is -2.60. The van der Waals surface area contributed by atoms with E-state index in [9.17, 15) is 74.7 Å². The Bertz CT molecular complexity index is 2520. The fourth-order valence-electron chi connectivity index (χ4n) is 12.9. The van der Waals surface area contributed by atoms with Crippen LogP contribution in [0.15, 0.2) is 47.6 Å². The number of carbonyl (C=O) groups is 6. The number of cyclic esters (lactones) is 1. The van der Waals surface area contributed by atoms with E-state index in [4.69, 9.17) is 47.4 Å². The van der Waals surface area contributed by atoms with Crippen LogP contribution in [0.1, 0.15) is 126 Å². The van der Waals surface area contributed by atoms with Crippen molar-refractivity contribution in [2.75, 3.05) is 41.1 Å². The molecule has 2 bridgehead atoms. The Morgan fingerprint density at radius 2 is 1.51 bits per heavy atom. The van der Waals surface area contributed by atoms with E-state index in [1.807, 2.05) is 44.2 Å². The summed E-state index contributed by atoms with van der Waals surface area (Å²) in [6.07, 6.45) is -9.17. The molecular weight excluding hydrogens is 1170 g/mol. The highest BCUT2D eigenvalue weighted by atomic mass is 16.8. The molecule has 4 saturated heterocycles. The lowest BCUT2D eigenvalue weighted by Gasteiger charge is -2.46. The van der Waals surface area contributed by atoms with E-state index in [-0.39, 0.29) is 56.3 Å². The number of methoxy groups -OCH3 is 3. The van der Waals surface area contributed by atoms with Gasteiger partial charge in [-0.3, -0.25) is 19.2 Å². The van der Waals surface area contributed by atoms with Gasteiger partial charge in [0.1, 0.15) is 73.4 Å². The van der Waals surface area contributed by atoms with E-state index in [2.05, 4.69) is 0 Å². The van der Waals surface area contributed by atoms with E-state index in [1.54, 1.807) is 41.7 Å². The average molecular weight is 1270 g/mol. The molecule has 1 amide bonds. The molecule has 0 aromatic rings. The standard InChI is InChI=1S/C63H97NO25/c1-32-16-12-11-13-17-33(2)44(80-8)28-40-21-19-38(7)63(79,88-40)56(74)57(75)64-23-15-14-18-41(64)58(76)84-45(29-42(66)34(3)25-37(6)49(68)54(82-10)48(67)36(5)24-32)35(4)26-39-20-22-43(46(27-39)81-9)86-61(78)89-62(31-65)55(73)50(69)47(30-83-62)85-60-53(72)51(70)52(71)59(77)87-60/h11-13,16-17,25,32,34-36,38-41,43-47,49-55,59-60,65,68-73,77,79H,14-15,18-24,26-31H2,1-10H3/b13-11+,16-12-,33-17+,37-25+/t32-,34-,35-,36-,38-,39?,40+,41?,43-,44+,45+,46-,47?,49-,50-,51+,52+,53-,54+,55+,59+,60?,62-,63-/m1/s1. The number of Topliss-reactive ketones (excluding diaryl/α,β-unsaturated/α-hetero) is 3. The Balaban J connectivity index is 1.20. The molecule has 5 fully saturated rings. The number of ketones is 3. The van der Waals surface area contributed by atoms with Gasteiger partial charge < -0.3 is 98.2 Å². The Labute approximate surface area is 520 Å². The molecule has 4 unspecified atom stereocenters. The molecule has 1 saturated carbocycles. The van der Waals surface area contributed by atoms with Gasteiger partial charge in [-0.05, 0) is 107 Å². The number of allylic oxidation sites excluding steroid dienone is 6. The first-order chi connectivity index (χ1) is 42.0. The van der Waals surface area contributed by atoms with Gasteiger partial charge in [0.15, 0.2) is 24.5 Å². The van der Waals surface area contributed by atoms with Gasteiger partial charge in [0.05, 0.1) is 24.9 Å². The molecular formula is C63H97NO25. The minimum Gasteiger partial charge on any atom is -0.460 e. The van der Waals surface area contributed by atoms with Crippen molar-refractivity contribution < 1.29 is 122 Å². The van der Waals surface area contributed by atoms with Gasteiger partial charge in [-0.15, -0.1) is 0 Å². The predicted octanol–water partition coefficient (Wildman–Crippen LogP) is 1.92. The molecule has 5 aliphatic heterocycles. The van der Waals surface area contributed by atoms with Gasteiger partial charge in [-0.25, -0.2) is 9.59 Å². The van der Waals surface area contributed by atoms with Crippen LogP contribution in [0.3, 0.4) is 0 Å². The van der Waals surface area contributed by atoms with Crippen molar-refractivity contribution >= 4 is 35.4 Å². The maximum Gasteiger partial charge on any atom is 0.511 e. The number of fused-ring (bicyclic) bond motifs is 3. The number of rotatable bonds is 11. The fourth-order valence-corrected chi connectivity index (χ4v) is 12.9. The summed E-state index contributed by atoms with van der Waals surface area (Å²) in [5, 5.41) is 96.3. The molecule has 26 nitrogen and oxygen atoms in total. The monoisotopic (exact) mass is 1270 g/mol. The highest BCUT2D eigenvalue weighted by Gasteiger charge is 2.57. The lowest BCUT2D eigenvalue weighted by atomic mass is 9.78. The molecule has 5 heterocycles. The topological polar surface area (TPSA) is 380 Å². The summed E-state index contributed by atoms with van der Waals surface area (Å²) in [5.74, 6) is -12.1. The van der Waals surface area contributed by atoms with E-state index in [0.717, 1.165) is 10.5 Å².